The number of allylic oxidation sites excluding steroid dienone is 1. The molecule has 8 heteroatoms. The van der Waals surface area contributed by atoms with E-state index in [-0.39, 0.29) is 17.7 Å². The summed E-state index contributed by atoms with van der Waals surface area (Å²) >= 11 is 0. The minimum atomic E-state index is -0.860. The first-order valence-electron chi connectivity index (χ1n) is 10.9. The number of nitrogens with one attached hydrogen (secondary N) is 4. The van der Waals surface area contributed by atoms with Crippen molar-refractivity contribution in [1.82, 2.24) is 10.6 Å². The van der Waals surface area contributed by atoms with Crippen LogP contribution in [0.25, 0.3) is 0 Å². The molecule has 32 heavy (non-hydrogen) atoms. The number of ether oxygens (including phenoxy) is 1. The number of anilines is 1. The molecule has 8 nitrogen and oxygen atoms in total. The summed E-state index contributed by atoms with van der Waals surface area (Å²) in [7, 11) is 0. The molecular formula is C24H36N4O4. The van der Waals surface area contributed by atoms with E-state index in [9.17, 15) is 14.4 Å². The van der Waals surface area contributed by atoms with Gasteiger partial charge in [0.1, 0.15) is 17.5 Å². The second-order valence-corrected chi connectivity index (χ2v) is 8.75. The van der Waals surface area contributed by atoms with Gasteiger partial charge in [-0.05, 0) is 63.8 Å². The van der Waals surface area contributed by atoms with Crippen molar-refractivity contribution in [2.75, 3.05) is 5.32 Å². The summed E-state index contributed by atoms with van der Waals surface area (Å²) in [5, 5.41) is 16.1. The Bertz CT molecular complexity index is 852. The molecule has 0 radical (unpaired) electrons. The number of carbonyl (C=O) groups is 3. The Balaban J connectivity index is 2.79. The number of hydrogen-bond donors (Lipinski definition) is 4. The van der Waals surface area contributed by atoms with Crippen molar-refractivity contribution in [2.24, 2.45) is 5.92 Å². The molecule has 0 aliphatic rings. The molecule has 0 spiro atoms. The minimum absolute atomic E-state index is 0.107. The third-order valence-electron chi connectivity index (χ3n) is 4.42. The van der Waals surface area contributed by atoms with E-state index in [4.69, 9.17) is 10.1 Å². The molecular weight excluding hydrogens is 408 g/mol. The number of amides is 3. The third kappa shape index (κ3) is 8.91. The van der Waals surface area contributed by atoms with Gasteiger partial charge in [0.15, 0.2) is 0 Å². The molecule has 0 bridgehead atoms. The van der Waals surface area contributed by atoms with E-state index >= 15 is 0 Å². The summed E-state index contributed by atoms with van der Waals surface area (Å²) < 4.78 is 5.22. The summed E-state index contributed by atoms with van der Waals surface area (Å²) in [4.78, 5) is 37.0. The highest BCUT2D eigenvalue weighted by atomic mass is 16.6. The second kappa shape index (κ2) is 12.0. The molecule has 0 unspecified atom stereocenters. The van der Waals surface area contributed by atoms with Crippen LogP contribution in [0.15, 0.2) is 35.9 Å². The smallest absolute Gasteiger partial charge is 0.408 e. The van der Waals surface area contributed by atoms with Crippen molar-refractivity contribution in [3.05, 3.63) is 41.5 Å². The average molecular weight is 445 g/mol. The Hall–Kier alpha value is -3.16. The van der Waals surface area contributed by atoms with Crippen LogP contribution in [-0.4, -0.2) is 35.4 Å². The van der Waals surface area contributed by atoms with Crippen LogP contribution < -0.4 is 16.0 Å². The molecule has 4 N–H and O–H groups in total. The van der Waals surface area contributed by atoms with E-state index in [2.05, 4.69) is 16.0 Å². The maximum absolute atomic E-state index is 12.7. The normalized spacial score (nSPS) is 12.7. The quantitative estimate of drug-likeness (QED) is 0.270. The number of rotatable bonds is 8. The van der Waals surface area contributed by atoms with Gasteiger partial charge in [-0.25, -0.2) is 4.79 Å². The van der Waals surface area contributed by atoms with E-state index < -0.39 is 23.6 Å². The minimum Gasteiger partial charge on any atom is -0.444 e. The predicted octanol–water partition coefficient (Wildman–Crippen LogP) is 4.36. The molecule has 0 aromatic heterocycles. The van der Waals surface area contributed by atoms with Gasteiger partial charge in [0.25, 0.3) is 5.91 Å². The lowest BCUT2D eigenvalue weighted by Gasteiger charge is -2.25. The molecule has 0 heterocycles. The molecule has 0 saturated carbocycles. The Morgan fingerprint density at radius 2 is 1.69 bits per heavy atom. The Kier molecular flexibility index (Phi) is 10.1. The van der Waals surface area contributed by atoms with Gasteiger partial charge >= 0.3 is 6.09 Å². The zero-order valence-corrected chi connectivity index (χ0v) is 20.1. The summed E-state index contributed by atoms with van der Waals surface area (Å²) in [6.07, 6.45) is 2.63. The van der Waals surface area contributed by atoms with Crippen molar-refractivity contribution >= 4 is 29.4 Å². The van der Waals surface area contributed by atoms with Gasteiger partial charge < -0.3 is 20.7 Å². The lowest BCUT2D eigenvalue weighted by molar-refractivity contribution is -0.122. The monoisotopic (exact) mass is 444 g/mol. The van der Waals surface area contributed by atoms with Crippen LogP contribution in [0.5, 0.6) is 0 Å². The van der Waals surface area contributed by atoms with Crippen LogP contribution in [0.4, 0.5) is 10.5 Å². The number of alkyl carbamates (subject to hydrolysis) is 1. The van der Waals surface area contributed by atoms with Gasteiger partial charge in [0.05, 0.1) is 0 Å². The molecule has 0 aliphatic carbocycles. The van der Waals surface area contributed by atoms with Gasteiger partial charge in [-0.1, -0.05) is 33.8 Å². The fraction of sp³-hybridized carbons (Fsp3) is 0.500. The highest BCUT2D eigenvalue weighted by Crippen LogP contribution is 2.13. The number of amidine groups is 1. The third-order valence-corrected chi connectivity index (χ3v) is 4.42. The molecule has 176 valence electrons. The molecule has 0 saturated heterocycles. The number of carbonyl (C=O) groups excluding carboxylic acids is 3. The van der Waals surface area contributed by atoms with Crippen LogP contribution in [0.2, 0.25) is 0 Å². The van der Waals surface area contributed by atoms with E-state index in [0.29, 0.717) is 23.2 Å². The first-order valence-corrected chi connectivity index (χ1v) is 10.9. The zero-order chi connectivity index (χ0) is 24.5. The number of hydrogen-bond acceptors (Lipinski definition) is 5. The van der Waals surface area contributed by atoms with Gasteiger partial charge in [0, 0.05) is 16.8 Å². The second-order valence-electron chi connectivity index (χ2n) is 8.75. The van der Waals surface area contributed by atoms with Crippen LogP contribution in [0, 0.1) is 11.3 Å². The Morgan fingerprint density at radius 1 is 1.09 bits per heavy atom. The summed E-state index contributed by atoms with van der Waals surface area (Å²) in [5.41, 5.74) is 1.10. The van der Waals surface area contributed by atoms with E-state index in [0.717, 1.165) is 6.42 Å². The molecule has 0 aliphatic heterocycles. The lowest BCUT2D eigenvalue weighted by atomic mass is 10.0. The molecule has 1 atom stereocenters. The highest BCUT2D eigenvalue weighted by molar-refractivity contribution is 6.08. The van der Waals surface area contributed by atoms with Crippen molar-refractivity contribution in [2.45, 2.75) is 73.0 Å². The molecule has 0 fully saturated rings. The highest BCUT2D eigenvalue weighted by Gasteiger charge is 2.27. The van der Waals surface area contributed by atoms with Crippen molar-refractivity contribution in [3.63, 3.8) is 0 Å². The van der Waals surface area contributed by atoms with Crippen molar-refractivity contribution in [1.29, 1.82) is 5.41 Å². The maximum atomic E-state index is 12.7. The topological polar surface area (TPSA) is 120 Å². The summed E-state index contributed by atoms with van der Waals surface area (Å²) in [6.45, 7) is 12.7. The van der Waals surface area contributed by atoms with Gasteiger partial charge in [-0.2, -0.15) is 0 Å². The summed E-state index contributed by atoms with van der Waals surface area (Å²) in [5.74, 6) is -0.981. The predicted molar refractivity (Wildman–Crippen MR) is 127 cm³/mol. The molecule has 3 amide bonds. The fourth-order valence-electron chi connectivity index (χ4n) is 2.82. The standard InChI is InChI=1S/C24H36N4O4/c1-8-10-16(9-2)21(29)26-18-13-11-17(12-14-18)20(25)28-22(30)19(15(3)4)27-23(31)32-24(5,6)7/h10-15,19H,8-9H2,1-7H3,(H,26,29)(H,27,31)(H2,25,28,30)/b16-10+/t19-/m0/s1. The van der Waals surface area contributed by atoms with Gasteiger partial charge in [0.2, 0.25) is 5.91 Å². The van der Waals surface area contributed by atoms with E-state index in [1.807, 2.05) is 19.9 Å². The average Bonchev–Trinajstić information content (AvgIpc) is 2.68. The van der Waals surface area contributed by atoms with Crippen LogP contribution in [-0.2, 0) is 14.3 Å². The number of benzene rings is 1. The van der Waals surface area contributed by atoms with Crippen LogP contribution >= 0.6 is 0 Å². The first kappa shape index (κ1) is 26.9. The SMILES string of the molecule is CC/C=C(\CC)C(=O)Nc1ccc(C(=N)NC(=O)[C@@H](NC(=O)OC(C)(C)C)C(C)C)cc1. The van der Waals surface area contributed by atoms with Crippen molar-refractivity contribution in [3.8, 4) is 0 Å². The fourth-order valence-corrected chi connectivity index (χ4v) is 2.82. The lowest BCUT2D eigenvalue weighted by Crippen LogP contribution is -2.52. The van der Waals surface area contributed by atoms with E-state index in [1.54, 1.807) is 58.9 Å². The first-order chi connectivity index (χ1) is 14.9. The van der Waals surface area contributed by atoms with Gasteiger partial charge in [-0.15, -0.1) is 0 Å². The van der Waals surface area contributed by atoms with Crippen LogP contribution in [0.3, 0.4) is 0 Å². The molecule has 1 aromatic rings. The van der Waals surface area contributed by atoms with Gasteiger partial charge in [-0.3, -0.25) is 15.0 Å². The zero-order valence-electron chi connectivity index (χ0n) is 20.1. The largest absolute Gasteiger partial charge is 0.444 e. The Morgan fingerprint density at radius 3 is 2.16 bits per heavy atom. The van der Waals surface area contributed by atoms with E-state index in [1.165, 1.54) is 0 Å². The van der Waals surface area contributed by atoms with Crippen molar-refractivity contribution < 1.29 is 19.1 Å². The van der Waals surface area contributed by atoms with Crippen LogP contribution in [0.1, 0.15) is 66.9 Å². The Labute approximate surface area is 190 Å². The molecule has 1 rings (SSSR count). The molecule has 1 aromatic carbocycles. The maximum Gasteiger partial charge on any atom is 0.408 e. The summed E-state index contributed by atoms with van der Waals surface area (Å²) in [6, 6.07) is 5.76.